The number of urea groups is 1. The van der Waals surface area contributed by atoms with E-state index in [1.165, 1.54) is 0 Å². The van der Waals surface area contributed by atoms with Crippen LogP contribution >= 0.6 is 0 Å². The Hall–Kier alpha value is -1.52. The van der Waals surface area contributed by atoms with Gasteiger partial charge in [0.15, 0.2) is 0 Å². The zero-order valence-corrected chi connectivity index (χ0v) is 8.11. The quantitative estimate of drug-likeness (QED) is 0.497. The van der Waals surface area contributed by atoms with E-state index in [4.69, 9.17) is 0 Å². The molecule has 1 rings (SSSR count). The summed E-state index contributed by atoms with van der Waals surface area (Å²) in [6, 6.07) is -0.0875. The topological polar surface area (TPSA) is 52.7 Å². The molecule has 0 radical (unpaired) electrons. The van der Waals surface area contributed by atoms with Crippen molar-refractivity contribution in [2.45, 2.75) is 0 Å². The maximum atomic E-state index is 11.4. The smallest absolute Gasteiger partial charge is 0.317 e. The van der Waals surface area contributed by atoms with Crippen molar-refractivity contribution in [1.82, 2.24) is 15.1 Å². The highest BCUT2D eigenvalue weighted by Crippen LogP contribution is 1.99. The number of nitrogens with zero attached hydrogens (tertiary/aromatic N) is 2. The number of hydrogen-bond acceptors (Lipinski definition) is 2. The van der Waals surface area contributed by atoms with Gasteiger partial charge < -0.3 is 15.1 Å². The molecule has 0 unspecified atom stereocenters. The molecule has 1 saturated heterocycles. The second-order valence-electron chi connectivity index (χ2n) is 3.10. The maximum Gasteiger partial charge on any atom is 0.317 e. The number of hydrogen-bond donors (Lipinski definition) is 1. The van der Waals surface area contributed by atoms with Gasteiger partial charge in [-0.15, -0.1) is 6.58 Å². The largest absolute Gasteiger partial charge is 0.342 e. The van der Waals surface area contributed by atoms with Gasteiger partial charge in [-0.3, -0.25) is 4.79 Å². The first-order chi connectivity index (χ1) is 6.77. The molecule has 1 N–H and O–H groups in total. The molecule has 1 heterocycles. The summed E-state index contributed by atoms with van der Waals surface area (Å²) in [6.45, 7) is 6.42. The summed E-state index contributed by atoms with van der Waals surface area (Å²) < 4.78 is 0. The summed E-state index contributed by atoms with van der Waals surface area (Å²) in [6.07, 6.45) is 2.46. The van der Waals surface area contributed by atoms with E-state index in [1.54, 1.807) is 15.9 Å². The number of amides is 3. The van der Waals surface area contributed by atoms with Crippen molar-refractivity contribution in [1.29, 1.82) is 0 Å². The van der Waals surface area contributed by atoms with E-state index in [0.29, 0.717) is 32.7 Å². The van der Waals surface area contributed by atoms with Crippen LogP contribution in [-0.2, 0) is 4.79 Å². The zero-order valence-electron chi connectivity index (χ0n) is 8.11. The van der Waals surface area contributed by atoms with Crippen molar-refractivity contribution in [2.24, 2.45) is 0 Å². The Bertz CT molecular complexity index is 222. The van der Waals surface area contributed by atoms with Gasteiger partial charge in [0, 0.05) is 32.7 Å². The highest BCUT2D eigenvalue weighted by atomic mass is 16.2. The summed E-state index contributed by atoms with van der Waals surface area (Å²) in [4.78, 5) is 25.2. The average Bonchev–Trinajstić information content (AvgIpc) is 2.26. The van der Waals surface area contributed by atoms with Gasteiger partial charge in [0.25, 0.3) is 0 Å². The number of rotatable bonds is 3. The Kier molecular flexibility index (Phi) is 3.97. The third-order valence-electron chi connectivity index (χ3n) is 2.15. The minimum atomic E-state index is -0.0875. The van der Waals surface area contributed by atoms with Crippen LogP contribution in [0.1, 0.15) is 0 Å². The monoisotopic (exact) mass is 197 g/mol. The average molecular weight is 197 g/mol. The van der Waals surface area contributed by atoms with Crippen molar-refractivity contribution in [2.75, 3.05) is 32.7 Å². The Labute approximate surface area is 83.4 Å². The molecular formula is C9H15N3O2. The summed E-state index contributed by atoms with van der Waals surface area (Å²) in [5.74, 6) is 0. The third-order valence-corrected chi connectivity index (χ3v) is 2.15. The van der Waals surface area contributed by atoms with Crippen LogP contribution in [0.3, 0.4) is 0 Å². The van der Waals surface area contributed by atoms with Gasteiger partial charge in [0.2, 0.25) is 6.41 Å². The van der Waals surface area contributed by atoms with Crippen LogP contribution < -0.4 is 5.32 Å². The normalized spacial score (nSPS) is 16.3. The number of carbonyl (C=O) groups excluding carboxylic acids is 2. The van der Waals surface area contributed by atoms with Gasteiger partial charge in [0.1, 0.15) is 0 Å². The molecule has 0 aromatic rings. The lowest BCUT2D eigenvalue weighted by atomic mass is 10.3. The lowest BCUT2D eigenvalue weighted by Gasteiger charge is -2.32. The second kappa shape index (κ2) is 5.26. The minimum Gasteiger partial charge on any atom is -0.342 e. The van der Waals surface area contributed by atoms with E-state index in [1.807, 2.05) is 0 Å². The van der Waals surface area contributed by atoms with Gasteiger partial charge in [-0.05, 0) is 0 Å². The highest BCUT2D eigenvalue weighted by Gasteiger charge is 2.18. The number of carbonyl (C=O) groups is 2. The number of nitrogens with one attached hydrogen (secondary N) is 1. The molecule has 0 bridgehead atoms. The van der Waals surface area contributed by atoms with Gasteiger partial charge in [-0.2, -0.15) is 0 Å². The van der Waals surface area contributed by atoms with Crippen LogP contribution in [0.15, 0.2) is 12.7 Å². The molecule has 14 heavy (non-hydrogen) atoms. The van der Waals surface area contributed by atoms with Crippen LogP contribution in [0, 0.1) is 0 Å². The summed E-state index contributed by atoms with van der Waals surface area (Å²) >= 11 is 0. The minimum absolute atomic E-state index is 0.0875. The molecule has 0 aromatic heterocycles. The lowest BCUT2D eigenvalue weighted by molar-refractivity contribution is -0.119. The molecule has 5 heteroatoms. The van der Waals surface area contributed by atoms with Gasteiger partial charge in [-0.1, -0.05) is 6.08 Å². The summed E-state index contributed by atoms with van der Waals surface area (Å²) in [7, 11) is 0. The summed E-state index contributed by atoms with van der Waals surface area (Å²) in [5, 5.41) is 2.70. The maximum absolute atomic E-state index is 11.4. The number of piperazine rings is 1. The molecule has 1 aliphatic rings. The van der Waals surface area contributed by atoms with Crippen LogP contribution in [0.5, 0.6) is 0 Å². The molecule has 1 aliphatic heterocycles. The van der Waals surface area contributed by atoms with E-state index >= 15 is 0 Å². The van der Waals surface area contributed by atoms with E-state index in [0.717, 1.165) is 6.41 Å². The van der Waals surface area contributed by atoms with Crippen LogP contribution in [0.4, 0.5) is 4.79 Å². The van der Waals surface area contributed by atoms with Gasteiger partial charge in [-0.25, -0.2) is 4.79 Å². The first kappa shape index (κ1) is 10.6. The fraction of sp³-hybridized carbons (Fsp3) is 0.556. The first-order valence-corrected chi connectivity index (χ1v) is 4.61. The SMILES string of the molecule is C=CCNC(=O)N1CCN(C=O)CC1. The van der Waals surface area contributed by atoms with Crippen molar-refractivity contribution in [3.05, 3.63) is 12.7 Å². The van der Waals surface area contributed by atoms with E-state index < -0.39 is 0 Å². The zero-order chi connectivity index (χ0) is 10.4. The Morgan fingerprint density at radius 1 is 1.36 bits per heavy atom. The molecule has 5 nitrogen and oxygen atoms in total. The Morgan fingerprint density at radius 3 is 2.50 bits per heavy atom. The first-order valence-electron chi connectivity index (χ1n) is 4.61. The third kappa shape index (κ3) is 2.76. The molecule has 0 atom stereocenters. The fourth-order valence-corrected chi connectivity index (χ4v) is 1.30. The van der Waals surface area contributed by atoms with Crippen LogP contribution in [-0.4, -0.2) is 55.0 Å². The predicted octanol–water partition coefficient (Wildman–Crippen LogP) is -0.344. The van der Waals surface area contributed by atoms with Gasteiger partial charge >= 0.3 is 6.03 Å². The molecule has 0 saturated carbocycles. The van der Waals surface area contributed by atoms with E-state index in [2.05, 4.69) is 11.9 Å². The lowest BCUT2D eigenvalue weighted by Crippen LogP contribution is -2.51. The second-order valence-corrected chi connectivity index (χ2v) is 3.10. The highest BCUT2D eigenvalue weighted by molar-refractivity contribution is 5.74. The van der Waals surface area contributed by atoms with Crippen molar-refractivity contribution in [3.8, 4) is 0 Å². The summed E-state index contributed by atoms with van der Waals surface area (Å²) in [5.41, 5.74) is 0. The van der Waals surface area contributed by atoms with Crippen LogP contribution in [0.2, 0.25) is 0 Å². The molecule has 0 aromatic carbocycles. The standard InChI is InChI=1S/C9H15N3O2/c1-2-3-10-9(14)12-6-4-11(8-13)5-7-12/h2,8H,1,3-7H2,(H,10,14). The predicted molar refractivity (Wildman–Crippen MR) is 52.8 cm³/mol. The molecule has 3 amide bonds. The van der Waals surface area contributed by atoms with Gasteiger partial charge in [0.05, 0.1) is 0 Å². The Balaban J connectivity index is 2.29. The fourth-order valence-electron chi connectivity index (χ4n) is 1.30. The Morgan fingerprint density at radius 2 is 2.00 bits per heavy atom. The molecule has 78 valence electrons. The van der Waals surface area contributed by atoms with Crippen LogP contribution in [0.25, 0.3) is 0 Å². The van der Waals surface area contributed by atoms with E-state index in [9.17, 15) is 9.59 Å². The molecular weight excluding hydrogens is 182 g/mol. The van der Waals surface area contributed by atoms with Crippen molar-refractivity contribution < 1.29 is 9.59 Å². The molecule has 0 spiro atoms. The van der Waals surface area contributed by atoms with Crippen molar-refractivity contribution >= 4 is 12.4 Å². The van der Waals surface area contributed by atoms with Crippen molar-refractivity contribution in [3.63, 3.8) is 0 Å². The molecule has 1 fully saturated rings. The molecule has 0 aliphatic carbocycles. The van der Waals surface area contributed by atoms with E-state index in [-0.39, 0.29) is 6.03 Å².